The van der Waals surface area contributed by atoms with Crippen molar-refractivity contribution in [2.75, 3.05) is 30.4 Å². The van der Waals surface area contributed by atoms with E-state index in [1.165, 1.54) is 6.33 Å². The van der Waals surface area contributed by atoms with Gasteiger partial charge in [0.05, 0.1) is 6.07 Å². The lowest BCUT2D eigenvalue weighted by molar-refractivity contribution is 0.992. The molecule has 6 nitrogen and oxygen atoms in total. The molecule has 0 radical (unpaired) electrons. The van der Waals surface area contributed by atoms with Crippen molar-refractivity contribution in [3.8, 4) is 6.07 Å². The number of aromatic amines is 1. The third kappa shape index (κ3) is 2.40. The van der Waals surface area contributed by atoms with Crippen LogP contribution in [0.2, 0.25) is 0 Å². The van der Waals surface area contributed by atoms with Crippen LogP contribution in [0.4, 0.5) is 17.3 Å². The first-order valence-electron chi connectivity index (χ1n) is 5.49. The normalized spacial score (nSPS) is 9.83. The molecule has 0 atom stereocenters. The maximum absolute atomic E-state index is 8.88. The van der Waals surface area contributed by atoms with Gasteiger partial charge >= 0.3 is 0 Å². The Morgan fingerprint density at radius 3 is 2.39 bits per heavy atom. The number of H-pyrrole nitrogens is 1. The lowest BCUT2D eigenvalue weighted by Crippen LogP contribution is -2.18. The van der Waals surface area contributed by atoms with Crippen LogP contribution in [0.5, 0.6) is 0 Å². The number of hydrogen-bond donors (Lipinski definition) is 1. The van der Waals surface area contributed by atoms with Gasteiger partial charge < -0.3 is 4.90 Å². The monoisotopic (exact) mass is 242 g/mol. The minimum Gasteiger partial charge on any atom is -0.378 e. The summed E-state index contributed by atoms with van der Waals surface area (Å²) < 4.78 is 0. The van der Waals surface area contributed by atoms with E-state index in [1.54, 1.807) is 4.90 Å². The van der Waals surface area contributed by atoms with E-state index in [9.17, 15) is 0 Å². The molecule has 2 rings (SSSR count). The molecule has 18 heavy (non-hydrogen) atoms. The first kappa shape index (κ1) is 11.9. The van der Waals surface area contributed by atoms with E-state index in [0.717, 1.165) is 11.4 Å². The Balaban J connectivity index is 2.29. The zero-order valence-corrected chi connectivity index (χ0v) is 10.3. The molecule has 0 aliphatic rings. The number of nitrogens with zero attached hydrogens (tertiary/aromatic N) is 5. The highest BCUT2D eigenvalue weighted by Gasteiger charge is 2.11. The third-order valence-corrected chi connectivity index (χ3v) is 2.56. The van der Waals surface area contributed by atoms with E-state index in [4.69, 9.17) is 5.26 Å². The van der Waals surface area contributed by atoms with Crippen molar-refractivity contribution in [2.24, 2.45) is 0 Å². The molecule has 0 spiro atoms. The zero-order chi connectivity index (χ0) is 13.0. The summed E-state index contributed by atoms with van der Waals surface area (Å²) in [4.78, 5) is 7.86. The summed E-state index contributed by atoms with van der Waals surface area (Å²) in [5, 5.41) is 15.4. The van der Waals surface area contributed by atoms with E-state index in [1.807, 2.05) is 43.3 Å². The Kier molecular flexibility index (Phi) is 3.44. The summed E-state index contributed by atoms with van der Waals surface area (Å²) >= 11 is 0. The summed E-state index contributed by atoms with van der Waals surface area (Å²) in [6.45, 7) is 0.219. The molecule has 6 heteroatoms. The maximum Gasteiger partial charge on any atom is 0.226 e. The van der Waals surface area contributed by atoms with Crippen molar-refractivity contribution in [1.82, 2.24) is 15.2 Å². The van der Waals surface area contributed by atoms with Crippen LogP contribution in [0, 0.1) is 11.3 Å². The minimum absolute atomic E-state index is 0.219. The maximum atomic E-state index is 8.88. The van der Waals surface area contributed by atoms with Crippen LogP contribution in [0.3, 0.4) is 0 Å². The average Bonchev–Trinajstić information content (AvgIpc) is 2.90. The summed E-state index contributed by atoms with van der Waals surface area (Å²) in [7, 11) is 3.97. The molecule has 0 unspecified atom stereocenters. The van der Waals surface area contributed by atoms with Crippen LogP contribution in [0.25, 0.3) is 0 Å². The number of rotatable bonds is 4. The molecule has 0 saturated carbocycles. The Bertz CT molecular complexity index is 523. The summed E-state index contributed by atoms with van der Waals surface area (Å²) in [5.74, 6) is 0.564. The van der Waals surface area contributed by atoms with E-state index in [-0.39, 0.29) is 6.54 Å². The van der Waals surface area contributed by atoms with Gasteiger partial charge in [0, 0.05) is 25.5 Å². The van der Waals surface area contributed by atoms with E-state index >= 15 is 0 Å². The van der Waals surface area contributed by atoms with E-state index in [2.05, 4.69) is 21.3 Å². The van der Waals surface area contributed by atoms with Crippen molar-refractivity contribution in [3.63, 3.8) is 0 Å². The van der Waals surface area contributed by atoms with Crippen molar-refractivity contribution < 1.29 is 0 Å². The summed E-state index contributed by atoms with van der Waals surface area (Å²) in [6.07, 6.45) is 1.42. The average molecular weight is 242 g/mol. The molecular weight excluding hydrogens is 228 g/mol. The van der Waals surface area contributed by atoms with Gasteiger partial charge in [0.2, 0.25) is 5.95 Å². The lowest BCUT2D eigenvalue weighted by Gasteiger charge is -2.19. The first-order valence-corrected chi connectivity index (χ1v) is 5.49. The molecule has 0 aliphatic carbocycles. The summed E-state index contributed by atoms with van der Waals surface area (Å²) in [5.41, 5.74) is 2.01. The number of aromatic nitrogens is 3. The predicted octanol–water partition coefficient (Wildman–Crippen LogP) is 1.53. The number of nitrogens with one attached hydrogen (secondary N) is 1. The standard InChI is InChI=1S/C12H14N6/c1-17(2)10-3-5-11(6-4-10)18(8-7-13)12-14-9-15-16-12/h3-6,9H,8H2,1-2H3,(H,14,15,16). The van der Waals surface area contributed by atoms with E-state index in [0.29, 0.717) is 5.95 Å². The number of nitriles is 1. The molecule has 0 aliphatic heterocycles. The number of hydrogen-bond acceptors (Lipinski definition) is 5. The highest BCUT2D eigenvalue weighted by molar-refractivity contribution is 5.61. The first-order chi connectivity index (χ1) is 8.72. The Morgan fingerprint density at radius 1 is 1.22 bits per heavy atom. The molecule has 0 bridgehead atoms. The fraction of sp³-hybridized carbons (Fsp3) is 0.250. The zero-order valence-electron chi connectivity index (χ0n) is 10.3. The third-order valence-electron chi connectivity index (χ3n) is 2.56. The van der Waals surface area contributed by atoms with Crippen LogP contribution >= 0.6 is 0 Å². The molecule has 2 aromatic rings. The van der Waals surface area contributed by atoms with Crippen molar-refractivity contribution >= 4 is 17.3 Å². The smallest absolute Gasteiger partial charge is 0.226 e. The fourth-order valence-electron chi connectivity index (χ4n) is 1.62. The van der Waals surface area contributed by atoms with Gasteiger partial charge in [-0.2, -0.15) is 15.3 Å². The largest absolute Gasteiger partial charge is 0.378 e. The van der Waals surface area contributed by atoms with Crippen molar-refractivity contribution in [2.45, 2.75) is 0 Å². The highest BCUT2D eigenvalue weighted by atomic mass is 15.3. The molecule has 1 aromatic carbocycles. The van der Waals surface area contributed by atoms with Crippen LogP contribution in [-0.4, -0.2) is 35.8 Å². The van der Waals surface area contributed by atoms with Gasteiger partial charge in [0.25, 0.3) is 0 Å². The van der Waals surface area contributed by atoms with Crippen LogP contribution in [0.15, 0.2) is 30.6 Å². The molecule has 0 fully saturated rings. The lowest BCUT2D eigenvalue weighted by atomic mass is 10.2. The van der Waals surface area contributed by atoms with Crippen LogP contribution in [-0.2, 0) is 0 Å². The fourth-order valence-corrected chi connectivity index (χ4v) is 1.62. The second-order valence-electron chi connectivity index (χ2n) is 3.96. The Hall–Kier alpha value is -2.55. The van der Waals surface area contributed by atoms with Gasteiger partial charge in [-0.05, 0) is 24.3 Å². The van der Waals surface area contributed by atoms with Crippen molar-refractivity contribution in [1.29, 1.82) is 5.26 Å². The van der Waals surface area contributed by atoms with E-state index < -0.39 is 0 Å². The molecule has 1 heterocycles. The SMILES string of the molecule is CN(C)c1ccc(N(CC#N)c2ncn[nH]2)cc1. The highest BCUT2D eigenvalue weighted by Crippen LogP contribution is 2.23. The van der Waals surface area contributed by atoms with Crippen molar-refractivity contribution in [3.05, 3.63) is 30.6 Å². The Morgan fingerprint density at radius 2 is 1.89 bits per heavy atom. The molecule has 0 saturated heterocycles. The molecule has 0 amide bonds. The van der Waals surface area contributed by atoms with Gasteiger partial charge in [-0.1, -0.05) is 0 Å². The molecule has 1 N–H and O–H groups in total. The summed E-state index contributed by atoms with van der Waals surface area (Å²) in [6, 6.07) is 10.0. The molecular formula is C12H14N6. The quantitative estimate of drug-likeness (QED) is 0.823. The number of benzene rings is 1. The van der Waals surface area contributed by atoms with Gasteiger partial charge in [0.15, 0.2) is 0 Å². The predicted molar refractivity (Wildman–Crippen MR) is 69.8 cm³/mol. The van der Waals surface area contributed by atoms with Gasteiger partial charge in [-0.3, -0.25) is 4.90 Å². The minimum atomic E-state index is 0.219. The number of anilines is 3. The topological polar surface area (TPSA) is 71.8 Å². The second kappa shape index (κ2) is 5.19. The second-order valence-corrected chi connectivity index (χ2v) is 3.96. The van der Waals surface area contributed by atoms with Crippen LogP contribution < -0.4 is 9.80 Å². The Labute approximate surface area is 105 Å². The van der Waals surface area contributed by atoms with Gasteiger partial charge in [0.1, 0.15) is 12.9 Å². The van der Waals surface area contributed by atoms with Gasteiger partial charge in [-0.25, -0.2) is 5.10 Å². The van der Waals surface area contributed by atoms with Crippen LogP contribution in [0.1, 0.15) is 0 Å². The van der Waals surface area contributed by atoms with Gasteiger partial charge in [-0.15, -0.1) is 0 Å². The molecule has 92 valence electrons. The molecule has 1 aromatic heterocycles.